The first kappa shape index (κ1) is 14.0. The second-order valence-electron chi connectivity index (χ2n) is 4.80. The molecule has 0 saturated heterocycles. The molecule has 0 spiro atoms. The van der Waals surface area contributed by atoms with Crippen molar-refractivity contribution >= 4 is 46.3 Å². The van der Waals surface area contributed by atoms with Gasteiger partial charge < -0.3 is 4.90 Å². The molecule has 20 heavy (non-hydrogen) atoms. The van der Waals surface area contributed by atoms with Gasteiger partial charge in [0.15, 0.2) is 5.82 Å². The van der Waals surface area contributed by atoms with Crippen LogP contribution in [0.4, 0.5) is 11.5 Å². The molecular weight excluding hydrogens is 315 g/mol. The molecule has 1 aliphatic rings. The number of halogens is 3. The van der Waals surface area contributed by atoms with Crippen LogP contribution < -0.4 is 4.90 Å². The first-order valence-electron chi connectivity index (χ1n) is 6.54. The molecule has 0 bridgehead atoms. The van der Waals surface area contributed by atoms with Crippen molar-refractivity contribution in [1.29, 1.82) is 0 Å². The lowest BCUT2D eigenvalue weighted by atomic mass is 10.1. The van der Waals surface area contributed by atoms with Gasteiger partial charge in [-0.2, -0.15) is 0 Å². The molecule has 104 valence electrons. The van der Waals surface area contributed by atoms with E-state index in [0.717, 1.165) is 31.5 Å². The van der Waals surface area contributed by atoms with E-state index in [2.05, 4.69) is 28.1 Å². The Kier molecular flexibility index (Phi) is 4.06. The fourth-order valence-corrected chi connectivity index (χ4v) is 3.13. The largest absolute Gasteiger partial charge is 0.325 e. The zero-order chi connectivity index (χ0) is 14.1. The van der Waals surface area contributed by atoms with E-state index in [1.54, 1.807) is 6.07 Å². The quantitative estimate of drug-likeness (QED) is 0.641. The predicted octanol–water partition coefficient (Wildman–Crippen LogP) is 5.52. The molecule has 3 rings (SSSR count). The van der Waals surface area contributed by atoms with E-state index < -0.39 is 0 Å². The van der Waals surface area contributed by atoms with Crippen LogP contribution in [0.5, 0.6) is 0 Å². The van der Waals surface area contributed by atoms with Gasteiger partial charge in [-0.3, -0.25) is 0 Å². The minimum Gasteiger partial charge on any atom is -0.325 e. The van der Waals surface area contributed by atoms with E-state index in [-0.39, 0.29) is 5.15 Å². The van der Waals surface area contributed by atoms with Crippen LogP contribution >= 0.6 is 34.8 Å². The van der Waals surface area contributed by atoms with Gasteiger partial charge in [-0.1, -0.05) is 53.0 Å². The monoisotopic (exact) mass is 326 g/mol. The van der Waals surface area contributed by atoms with E-state index >= 15 is 0 Å². The molecule has 0 amide bonds. The minimum atomic E-state index is 0.285. The summed E-state index contributed by atoms with van der Waals surface area (Å²) < 4.78 is 0. The number of para-hydroxylation sites is 1. The molecule has 0 aliphatic carbocycles. The Balaban J connectivity index is 2.12. The second-order valence-corrected chi connectivity index (χ2v) is 5.98. The molecule has 2 aromatic rings. The number of nitrogens with zero attached hydrogens (tertiary/aromatic N) is 2. The summed E-state index contributed by atoms with van der Waals surface area (Å²) in [5.41, 5.74) is 2.46. The minimum absolute atomic E-state index is 0.285. The molecule has 1 aromatic heterocycles. The van der Waals surface area contributed by atoms with E-state index in [9.17, 15) is 0 Å². The number of fused-ring (bicyclic) bond motifs is 1. The number of anilines is 2. The number of hydrogen-bond donors (Lipinski definition) is 0. The first-order chi connectivity index (χ1) is 9.66. The molecule has 0 unspecified atom stereocenters. The van der Waals surface area contributed by atoms with Gasteiger partial charge in [0.2, 0.25) is 0 Å². The topological polar surface area (TPSA) is 16.1 Å². The third kappa shape index (κ3) is 2.60. The van der Waals surface area contributed by atoms with Crippen molar-refractivity contribution in [2.24, 2.45) is 0 Å². The fourth-order valence-electron chi connectivity index (χ4n) is 2.54. The summed E-state index contributed by atoms with van der Waals surface area (Å²) in [6, 6.07) is 10.00. The normalized spacial score (nSPS) is 14.8. The Morgan fingerprint density at radius 1 is 1.00 bits per heavy atom. The molecule has 0 saturated carbocycles. The van der Waals surface area contributed by atoms with Gasteiger partial charge in [-0.15, -0.1) is 0 Å². The predicted molar refractivity (Wildman–Crippen MR) is 85.7 cm³/mol. The highest BCUT2D eigenvalue weighted by molar-refractivity contribution is 6.43. The summed E-state index contributed by atoms with van der Waals surface area (Å²) in [6.45, 7) is 0.877. The van der Waals surface area contributed by atoms with Gasteiger partial charge in [0.05, 0.1) is 10.0 Å². The van der Waals surface area contributed by atoms with E-state index in [1.165, 1.54) is 5.56 Å². The summed E-state index contributed by atoms with van der Waals surface area (Å²) in [7, 11) is 0. The summed E-state index contributed by atoms with van der Waals surface area (Å²) >= 11 is 18.3. The zero-order valence-corrected chi connectivity index (χ0v) is 13.0. The van der Waals surface area contributed by atoms with Crippen LogP contribution in [0.1, 0.15) is 18.4 Å². The van der Waals surface area contributed by atoms with Crippen molar-refractivity contribution in [3.8, 4) is 0 Å². The van der Waals surface area contributed by atoms with Crippen LogP contribution in [0, 0.1) is 0 Å². The second kappa shape index (κ2) is 5.80. The van der Waals surface area contributed by atoms with Gasteiger partial charge in [0.25, 0.3) is 0 Å². The van der Waals surface area contributed by atoms with Crippen molar-refractivity contribution in [2.75, 3.05) is 11.4 Å². The Morgan fingerprint density at radius 2 is 1.80 bits per heavy atom. The van der Waals surface area contributed by atoms with Crippen LogP contribution in [0.15, 0.2) is 30.3 Å². The van der Waals surface area contributed by atoms with Crippen molar-refractivity contribution in [3.05, 3.63) is 51.1 Å². The van der Waals surface area contributed by atoms with Crippen molar-refractivity contribution in [3.63, 3.8) is 0 Å². The lowest BCUT2D eigenvalue weighted by Crippen LogP contribution is -2.19. The van der Waals surface area contributed by atoms with Crippen LogP contribution in [-0.4, -0.2) is 11.5 Å². The van der Waals surface area contributed by atoms with Crippen LogP contribution in [0.25, 0.3) is 0 Å². The summed E-state index contributed by atoms with van der Waals surface area (Å²) in [5, 5.41) is 1.19. The Labute approximate surface area is 133 Å². The van der Waals surface area contributed by atoms with Crippen molar-refractivity contribution < 1.29 is 0 Å². The number of aryl methyl sites for hydroxylation is 1. The highest BCUT2D eigenvalue weighted by Gasteiger charge is 2.20. The average Bonchev–Trinajstić information content (AvgIpc) is 2.65. The molecule has 0 fully saturated rings. The molecule has 0 atom stereocenters. The third-order valence-electron chi connectivity index (χ3n) is 3.48. The molecular formula is C15H13Cl3N2. The zero-order valence-electron chi connectivity index (χ0n) is 10.7. The Bertz CT molecular complexity index is 643. The summed E-state index contributed by atoms with van der Waals surface area (Å²) in [6.07, 6.45) is 3.32. The van der Waals surface area contributed by atoms with E-state index in [4.69, 9.17) is 34.8 Å². The maximum Gasteiger partial charge on any atom is 0.153 e. The maximum absolute atomic E-state index is 6.31. The number of hydrogen-bond acceptors (Lipinski definition) is 2. The van der Waals surface area contributed by atoms with Gasteiger partial charge in [-0.25, -0.2) is 4.98 Å². The lowest BCUT2D eigenvalue weighted by Gasteiger charge is -2.25. The molecule has 1 aliphatic heterocycles. The molecule has 2 nitrogen and oxygen atoms in total. The number of benzene rings is 1. The standard InChI is InChI=1S/C15H13Cl3N2/c16-11-9-12(17)15(19-14(11)18)20-8-4-3-6-10-5-1-2-7-13(10)20/h1-2,5,7,9H,3-4,6,8H2. The van der Waals surface area contributed by atoms with Gasteiger partial charge in [0, 0.05) is 12.2 Å². The van der Waals surface area contributed by atoms with Gasteiger partial charge >= 0.3 is 0 Å². The van der Waals surface area contributed by atoms with Crippen molar-refractivity contribution in [1.82, 2.24) is 4.98 Å². The van der Waals surface area contributed by atoms with E-state index in [1.807, 2.05) is 6.07 Å². The molecule has 5 heteroatoms. The first-order valence-corrected chi connectivity index (χ1v) is 7.67. The lowest BCUT2D eigenvalue weighted by molar-refractivity contribution is 0.758. The SMILES string of the molecule is Clc1cc(Cl)c(N2CCCCc3ccccc32)nc1Cl. The van der Waals surface area contributed by atoms with Gasteiger partial charge in [-0.05, 0) is 37.0 Å². The van der Waals surface area contributed by atoms with Crippen LogP contribution in [-0.2, 0) is 6.42 Å². The van der Waals surface area contributed by atoms with Crippen LogP contribution in [0.3, 0.4) is 0 Å². The highest BCUT2D eigenvalue weighted by Crippen LogP contribution is 2.37. The number of rotatable bonds is 1. The molecule has 2 heterocycles. The van der Waals surface area contributed by atoms with Crippen molar-refractivity contribution in [2.45, 2.75) is 19.3 Å². The molecule has 1 aromatic carbocycles. The smallest absolute Gasteiger partial charge is 0.153 e. The highest BCUT2D eigenvalue weighted by atomic mass is 35.5. The van der Waals surface area contributed by atoms with E-state index in [0.29, 0.717) is 15.9 Å². The number of pyridine rings is 1. The molecule has 0 N–H and O–H groups in total. The summed E-state index contributed by atoms with van der Waals surface area (Å²) in [5.74, 6) is 0.676. The Morgan fingerprint density at radius 3 is 2.65 bits per heavy atom. The maximum atomic E-state index is 6.31. The molecule has 0 radical (unpaired) electrons. The fraction of sp³-hybridized carbons (Fsp3) is 0.267. The summed E-state index contributed by atoms with van der Waals surface area (Å²) in [4.78, 5) is 6.50. The third-order valence-corrected chi connectivity index (χ3v) is 4.44. The Hall–Kier alpha value is -0.960. The van der Waals surface area contributed by atoms with Crippen LogP contribution in [0.2, 0.25) is 15.2 Å². The average molecular weight is 328 g/mol. The number of aromatic nitrogens is 1. The van der Waals surface area contributed by atoms with Gasteiger partial charge in [0.1, 0.15) is 5.15 Å².